The summed E-state index contributed by atoms with van der Waals surface area (Å²) in [4.78, 5) is 4.40. The van der Waals surface area contributed by atoms with Crippen LogP contribution in [0.15, 0.2) is 60.8 Å². The molecule has 2 nitrogen and oxygen atoms in total. The number of rotatable bonds is 4. The Kier molecular flexibility index (Phi) is 3.87. The van der Waals surface area contributed by atoms with Crippen LogP contribution in [-0.2, 0) is 6.54 Å². The number of pyridine rings is 1. The molecule has 0 spiro atoms. The second kappa shape index (κ2) is 5.96. The standard InChI is InChI=1S/C19H20N2/c1-14(2)15-7-9-17(10-8-15)21-13-16-11-12-20-19-6-4-3-5-18(16)19/h3-12,14,21H,13H2,1-2H3. The Morgan fingerprint density at radius 2 is 1.71 bits per heavy atom. The predicted octanol–water partition coefficient (Wildman–Crippen LogP) is 4.97. The van der Waals surface area contributed by atoms with Crippen LogP contribution in [0.1, 0.15) is 30.9 Å². The van der Waals surface area contributed by atoms with Gasteiger partial charge in [-0.05, 0) is 41.3 Å². The molecule has 0 bridgehead atoms. The van der Waals surface area contributed by atoms with E-state index in [0.29, 0.717) is 5.92 Å². The van der Waals surface area contributed by atoms with Gasteiger partial charge in [0.15, 0.2) is 0 Å². The number of aromatic nitrogens is 1. The molecule has 0 aliphatic heterocycles. The van der Waals surface area contributed by atoms with Crippen molar-refractivity contribution in [1.29, 1.82) is 0 Å². The number of benzene rings is 2. The maximum Gasteiger partial charge on any atom is 0.0705 e. The predicted molar refractivity (Wildman–Crippen MR) is 89.6 cm³/mol. The first-order chi connectivity index (χ1) is 10.2. The molecule has 0 fully saturated rings. The van der Waals surface area contributed by atoms with Gasteiger partial charge in [-0.1, -0.05) is 44.2 Å². The van der Waals surface area contributed by atoms with Crippen LogP contribution < -0.4 is 5.32 Å². The summed E-state index contributed by atoms with van der Waals surface area (Å²) in [5.41, 5.74) is 4.84. The molecule has 1 aromatic heterocycles. The van der Waals surface area contributed by atoms with Gasteiger partial charge < -0.3 is 5.32 Å². The van der Waals surface area contributed by atoms with Crippen LogP contribution in [0.25, 0.3) is 10.9 Å². The normalized spacial score (nSPS) is 11.0. The molecule has 21 heavy (non-hydrogen) atoms. The van der Waals surface area contributed by atoms with Gasteiger partial charge in [0.05, 0.1) is 5.52 Å². The molecule has 2 aromatic carbocycles. The minimum atomic E-state index is 0.572. The third-order valence-corrected chi connectivity index (χ3v) is 3.80. The zero-order valence-corrected chi connectivity index (χ0v) is 12.5. The van der Waals surface area contributed by atoms with Crippen molar-refractivity contribution >= 4 is 16.6 Å². The van der Waals surface area contributed by atoms with E-state index in [-0.39, 0.29) is 0 Å². The van der Waals surface area contributed by atoms with E-state index in [0.717, 1.165) is 17.7 Å². The first kappa shape index (κ1) is 13.6. The van der Waals surface area contributed by atoms with E-state index in [1.54, 1.807) is 0 Å². The Balaban J connectivity index is 1.77. The number of hydrogen-bond donors (Lipinski definition) is 1. The number of fused-ring (bicyclic) bond motifs is 1. The van der Waals surface area contributed by atoms with Crippen LogP contribution >= 0.6 is 0 Å². The Labute approximate surface area is 125 Å². The summed E-state index contributed by atoms with van der Waals surface area (Å²) in [7, 11) is 0. The van der Waals surface area contributed by atoms with E-state index in [1.807, 2.05) is 12.3 Å². The van der Waals surface area contributed by atoms with Gasteiger partial charge in [0.1, 0.15) is 0 Å². The maximum absolute atomic E-state index is 4.40. The van der Waals surface area contributed by atoms with Gasteiger partial charge in [-0.25, -0.2) is 0 Å². The average Bonchev–Trinajstić information content (AvgIpc) is 2.53. The molecule has 3 aromatic rings. The molecule has 0 atom stereocenters. The number of para-hydroxylation sites is 1. The lowest BCUT2D eigenvalue weighted by Crippen LogP contribution is -2.00. The fourth-order valence-electron chi connectivity index (χ4n) is 2.49. The summed E-state index contributed by atoms with van der Waals surface area (Å²) in [5, 5.41) is 4.71. The minimum Gasteiger partial charge on any atom is -0.381 e. The smallest absolute Gasteiger partial charge is 0.0705 e. The average molecular weight is 276 g/mol. The van der Waals surface area contributed by atoms with Gasteiger partial charge in [0.25, 0.3) is 0 Å². The Bertz CT molecular complexity index is 725. The third-order valence-electron chi connectivity index (χ3n) is 3.80. The van der Waals surface area contributed by atoms with Crippen molar-refractivity contribution in [3.8, 4) is 0 Å². The van der Waals surface area contributed by atoms with Gasteiger partial charge in [-0.3, -0.25) is 4.98 Å². The molecule has 0 saturated heterocycles. The van der Waals surface area contributed by atoms with Crippen molar-refractivity contribution in [1.82, 2.24) is 4.98 Å². The highest BCUT2D eigenvalue weighted by atomic mass is 14.9. The molecule has 3 rings (SSSR count). The Hall–Kier alpha value is -2.35. The largest absolute Gasteiger partial charge is 0.381 e. The highest BCUT2D eigenvalue weighted by molar-refractivity contribution is 5.82. The van der Waals surface area contributed by atoms with Crippen molar-refractivity contribution in [2.24, 2.45) is 0 Å². The first-order valence-electron chi connectivity index (χ1n) is 7.40. The van der Waals surface area contributed by atoms with Gasteiger partial charge in [-0.15, -0.1) is 0 Å². The van der Waals surface area contributed by atoms with Crippen molar-refractivity contribution in [2.45, 2.75) is 26.3 Å². The molecular formula is C19H20N2. The van der Waals surface area contributed by atoms with Crippen molar-refractivity contribution in [3.05, 3.63) is 71.9 Å². The molecule has 1 N–H and O–H groups in total. The van der Waals surface area contributed by atoms with E-state index in [1.165, 1.54) is 16.5 Å². The quantitative estimate of drug-likeness (QED) is 0.727. The van der Waals surface area contributed by atoms with Crippen molar-refractivity contribution < 1.29 is 0 Å². The number of hydrogen-bond acceptors (Lipinski definition) is 2. The number of nitrogens with one attached hydrogen (secondary N) is 1. The molecule has 0 saturated carbocycles. The molecule has 2 heteroatoms. The lowest BCUT2D eigenvalue weighted by Gasteiger charge is -2.10. The van der Waals surface area contributed by atoms with Gasteiger partial charge in [0, 0.05) is 23.8 Å². The van der Waals surface area contributed by atoms with Crippen LogP contribution in [-0.4, -0.2) is 4.98 Å². The second-order valence-electron chi connectivity index (χ2n) is 5.62. The monoisotopic (exact) mass is 276 g/mol. The van der Waals surface area contributed by atoms with E-state index in [4.69, 9.17) is 0 Å². The summed E-state index contributed by atoms with van der Waals surface area (Å²) in [5.74, 6) is 0.572. The topological polar surface area (TPSA) is 24.9 Å². The highest BCUT2D eigenvalue weighted by Crippen LogP contribution is 2.20. The zero-order valence-electron chi connectivity index (χ0n) is 12.5. The summed E-state index contributed by atoms with van der Waals surface area (Å²) in [6.45, 7) is 5.24. The first-order valence-corrected chi connectivity index (χ1v) is 7.40. The molecule has 0 radical (unpaired) electrons. The number of anilines is 1. The van der Waals surface area contributed by atoms with Crippen molar-refractivity contribution in [3.63, 3.8) is 0 Å². The summed E-state index contributed by atoms with van der Waals surface area (Å²) >= 11 is 0. The highest BCUT2D eigenvalue weighted by Gasteiger charge is 2.02. The van der Waals surface area contributed by atoms with E-state index in [9.17, 15) is 0 Å². The van der Waals surface area contributed by atoms with Crippen LogP contribution in [0.2, 0.25) is 0 Å². The van der Waals surface area contributed by atoms with Crippen molar-refractivity contribution in [2.75, 3.05) is 5.32 Å². The van der Waals surface area contributed by atoms with Gasteiger partial charge in [-0.2, -0.15) is 0 Å². The second-order valence-corrected chi connectivity index (χ2v) is 5.62. The maximum atomic E-state index is 4.40. The SMILES string of the molecule is CC(C)c1ccc(NCc2ccnc3ccccc23)cc1. The third kappa shape index (κ3) is 3.05. The lowest BCUT2D eigenvalue weighted by atomic mass is 10.0. The fraction of sp³-hybridized carbons (Fsp3) is 0.211. The minimum absolute atomic E-state index is 0.572. The molecule has 1 heterocycles. The summed E-state index contributed by atoms with van der Waals surface area (Å²) in [6, 6.07) is 19.0. The summed E-state index contributed by atoms with van der Waals surface area (Å²) < 4.78 is 0. The zero-order chi connectivity index (χ0) is 14.7. The van der Waals surface area contributed by atoms with Gasteiger partial charge in [0.2, 0.25) is 0 Å². The fourth-order valence-corrected chi connectivity index (χ4v) is 2.49. The molecule has 0 aliphatic rings. The van der Waals surface area contributed by atoms with Crippen LogP contribution in [0.3, 0.4) is 0 Å². The Morgan fingerprint density at radius 1 is 0.952 bits per heavy atom. The Morgan fingerprint density at radius 3 is 2.48 bits per heavy atom. The van der Waals surface area contributed by atoms with Crippen LogP contribution in [0, 0.1) is 0 Å². The molecule has 0 unspecified atom stereocenters. The molecule has 106 valence electrons. The molecule has 0 amide bonds. The molecular weight excluding hydrogens is 256 g/mol. The molecule has 0 aliphatic carbocycles. The summed E-state index contributed by atoms with van der Waals surface area (Å²) in [6.07, 6.45) is 1.88. The van der Waals surface area contributed by atoms with E-state index in [2.05, 4.69) is 72.7 Å². The van der Waals surface area contributed by atoms with E-state index < -0.39 is 0 Å². The van der Waals surface area contributed by atoms with Crippen LogP contribution in [0.4, 0.5) is 5.69 Å². The van der Waals surface area contributed by atoms with Crippen LogP contribution in [0.5, 0.6) is 0 Å². The van der Waals surface area contributed by atoms with Gasteiger partial charge >= 0.3 is 0 Å². The number of nitrogens with zero attached hydrogens (tertiary/aromatic N) is 1. The van der Waals surface area contributed by atoms with E-state index >= 15 is 0 Å². The lowest BCUT2D eigenvalue weighted by molar-refractivity contribution is 0.867.